The number of aliphatic carboxylic acids is 1. The van der Waals surface area contributed by atoms with Gasteiger partial charge in [-0.2, -0.15) is 0 Å². The summed E-state index contributed by atoms with van der Waals surface area (Å²) in [5.74, 6) is -9.89. The van der Waals surface area contributed by atoms with E-state index in [1.807, 2.05) is 0 Å². The summed E-state index contributed by atoms with van der Waals surface area (Å²) in [6, 6.07) is -4.54. The molecule has 0 bridgehead atoms. The van der Waals surface area contributed by atoms with Crippen LogP contribution in [0.3, 0.4) is 0 Å². The summed E-state index contributed by atoms with van der Waals surface area (Å²) in [5, 5.41) is 49.7. The molecular formula is C47H81N13O13. The Morgan fingerprint density at radius 2 is 0.959 bits per heavy atom. The summed E-state index contributed by atoms with van der Waals surface area (Å²) in [6.45, 7) is 5.95. The summed E-state index contributed by atoms with van der Waals surface area (Å²) >= 11 is 0. The Labute approximate surface area is 425 Å². The van der Waals surface area contributed by atoms with Gasteiger partial charge in [-0.25, -0.2) is 4.79 Å². The number of carbonyl (C=O) groups is 10. The number of carboxylic acid groups (broad SMARTS) is 1. The molecule has 26 nitrogen and oxygen atoms in total. The zero-order chi connectivity index (χ0) is 55.2. The van der Waals surface area contributed by atoms with Gasteiger partial charge in [0.2, 0.25) is 53.2 Å². The van der Waals surface area contributed by atoms with E-state index >= 15 is 0 Å². The lowest BCUT2D eigenvalue weighted by Crippen LogP contribution is -2.62. The predicted molar refractivity (Wildman–Crippen MR) is 268 cm³/mol. The topological polar surface area (TPSA) is 458 Å². The van der Waals surface area contributed by atoms with E-state index in [1.54, 1.807) is 44.2 Å². The Morgan fingerprint density at radius 3 is 1.44 bits per heavy atom. The van der Waals surface area contributed by atoms with Crippen LogP contribution in [-0.2, 0) is 54.4 Å². The molecule has 0 saturated heterocycles. The van der Waals surface area contributed by atoms with Crippen molar-refractivity contribution in [2.75, 3.05) is 26.2 Å². The van der Waals surface area contributed by atoms with Crippen molar-refractivity contribution in [1.29, 1.82) is 0 Å². The molecule has 412 valence electrons. The number of amides is 9. The first kappa shape index (κ1) is 64.7. The standard InChI is InChI=1S/C47H81N13O13/c1-26(2)22-35(47(72)73)58-42(67)31(17-9-12-20-49)54-39(64)27(3)53-43(68)34(24-37(52)63)56-41(66)32(18-10-13-21-50)55-44(69)33(23-29-14-6-5-7-15-29)57-46(71)38(28(4)62)60-45(70)36(25-61)59-40(65)30(51)16-8-11-19-48/h5-7,14-15,26-28,30-36,38,61-62H,8-13,16-25,48-51H2,1-4H3,(H2,52,63)(H,53,68)(H,54,64)(H,55,69)(H,56,66)(H,57,71)(H,58,67)(H,59,65)(H,60,70)(H,72,73)/t27-,28+,30-,31-,32-,33-,34-,35-,36-,38-/m0/s1. The molecular weight excluding hydrogens is 955 g/mol. The van der Waals surface area contributed by atoms with Crippen molar-refractivity contribution in [3.63, 3.8) is 0 Å². The number of carbonyl (C=O) groups excluding carboxylic acids is 9. The molecule has 0 aromatic heterocycles. The molecule has 0 radical (unpaired) electrons. The highest BCUT2D eigenvalue weighted by atomic mass is 16.4. The number of primary amides is 1. The predicted octanol–water partition coefficient (Wildman–Crippen LogP) is -4.78. The van der Waals surface area contributed by atoms with Crippen molar-refractivity contribution in [1.82, 2.24) is 42.5 Å². The summed E-state index contributed by atoms with van der Waals surface area (Å²) in [7, 11) is 0. The van der Waals surface area contributed by atoms with Crippen LogP contribution in [0.1, 0.15) is 104 Å². The maximum Gasteiger partial charge on any atom is 0.326 e. The fraction of sp³-hybridized carbons (Fsp3) is 0.660. The third kappa shape index (κ3) is 25.3. The normalized spacial score (nSPS) is 15.3. The maximum atomic E-state index is 14.2. The van der Waals surface area contributed by atoms with Gasteiger partial charge in [0.05, 0.1) is 25.2 Å². The Balaban J connectivity index is 3.40. The number of benzene rings is 1. The minimum atomic E-state index is -1.75. The number of unbranched alkanes of at least 4 members (excludes halogenated alkanes) is 3. The molecule has 0 aliphatic rings. The fourth-order valence-corrected chi connectivity index (χ4v) is 7.21. The average Bonchev–Trinajstić information content (AvgIpc) is 3.33. The Kier molecular flexibility index (Phi) is 31.0. The van der Waals surface area contributed by atoms with Crippen molar-refractivity contribution >= 4 is 59.1 Å². The second-order valence-corrected chi connectivity index (χ2v) is 18.3. The highest BCUT2D eigenvalue weighted by Gasteiger charge is 2.36. The van der Waals surface area contributed by atoms with Crippen LogP contribution < -0.4 is 71.2 Å². The molecule has 0 spiro atoms. The van der Waals surface area contributed by atoms with Gasteiger partial charge in [0, 0.05) is 6.42 Å². The fourth-order valence-electron chi connectivity index (χ4n) is 7.21. The van der Waals surface area contributed by atoms with Crippen LogP contribution >= 0.6 is 0 Å². The van der Waals surface area contributed by atoms with Crippen LogP contribution in [0.15, 0.2) is 30.3 Å². The molecule has 0 unspecified atom stereocenters. The van der Waals surface area contributed by atoms with Crippen LogP contribution in [0, 0.1) is 5.92 Å². The molecule has 0 fully saturated rings. The van der Waals surface area contributed by atoms with E-state index in [0.29, 0.717) is 44.2 Å². The van der Waals surface area contributed by atoms with Gasteiger partial charge < -0.3 is 86.5 Å². The van der Waals surface area contributed by atoms with Crippen LogP contribution in [0.4, 0.5) is 0 Å². The number of rotatable bonds is 37. The SMILES string of the molecule is CC(C)C[C@H](NC(=O)[C@H](CCCCN)NC(=O)[C@H](C)NC(=O)[C@H](CC(N)=O)NC(=O)[C@H](CCCCN)NC(=O)[C@H](Cc1ccccc1)NC(=O)[C@@H](NC(=O)[C@H](CO)NC(=O)[C@@H](N)CCCCN)[C@@H](C)O)C(=O)O. The highest BCUT2D eigenvalue weighted by molar-refractivity contribution is 5.99. The van der Waals surface area contributed by atoms with E-state index in [0.717, 1.165) is 0 Å². The van der Waals surface area contributed by atoms with Gasteiger partial charge in [-0.3, -0.25) is 43.2 Å². The van der Waals surface area contributed by atoms with Crippen LogP contribution in [0.5, 0.6) is 0 Å². The molecule has 0 heterocycles. The molecule has 10 atom stereocenters. The third-order valence-corrected chi connectivity index (χ3v) is 11.4. The lowest BCUT2D eigenvalue weighted by molar-refractivity contribution is -0.143. The largest absolute Gasteiger partial charge is 0.480 e. The lowest BCUT2D eigenvalue weighted by atomic mass is 10.0. The zero-order valence-corrected chi connectivity index (χ0v) is 42.4. The molecule has 1 aromatic rings. The molecule has 1 rings (SSSR count). The van der Waals surface area contributed by atoms with E-state index in [-0.39, 0.29) is 57.5 Å². The minimum absolute atomic E-state index is 0.0741. The number of aliphatic hydroxyl groups is 2. The minimum Gasteiger partial charge on any atom is -0.480 e. The van der Waals surface area contributed by atoms with Crippen LogP contribution in [0.25, 0.3) is 0 Å². The first-order chi connectivity index (χ1) is 34.5. The summed E-state index contributed by atoms with van der Waals surface area (Å²) in [4.78, 5) is 133. The number of hydrogen-bond acceptors (Lipinski definition) is 16. The van der Waals surface area contributed by atoms with Gasteiger partial charge >= 0.3 is 5.97 Å². The molecule has 1 aromatic carbocycles. The van der Waals surface area contributed by atoms with Gasteiger partial charge in [0.15, 0.2) is 0 Å². The van der Waals surface area contributed by atoms with Gasteiger partial charge in [-0.15, -0.1) is 0 Å². The monoisotopic (exact) mass is 1040 g/mol. The number of hydrogen-bond donors (Lipinski definition) is 16. The molecule has 0 aliphatic heterocycles. The summed E-state index contributed by atoms with van der Waals surface area (Å²) < 4.78 is 0. The zero-order valence-electron chi connectivity index (χ0n) is 42.4. The van der Waals surface area contributed by atoms with Crippen molar-refractivity contribution in [3.8, 4) is 0 Å². The second-order valence-electron chi connectivity index (χ2n) is 18.3. The first-order valence-electron chi connectivity index (χ1n) is 24.6. The van der Waals surface area contributed by atoms with Crippen LogP contribution in [-0.4, -0.2) is 161 Å². The molecule has 9 amide bonds. The number of aliphatic hydroxyl groups excluding tert-OH is 2. The van der Waals surface area contributed by atoms with Gasteiger partial charge in [-0.05, 0) is 103 Å². The van der Waals surface area contributed by atoms with E-state index < -0.39 is 133 Å². The van der Waals surface area contributed by atoms with E-state index in [9.17, 15) is 63.3 Å². The van der Waals surface area contributed by atoms with Crippen LogP contribution in [0.2, 0.25) is 0 Å². The quantitative estimate of drug-likeness (QED) is 0.0278. The second kappa shape index (κ2) is 34.9. The number of nitrogens with two attached hydrogens (primary N) is 5. The van der Waals surface area contributed by atoms with Gasteiger partial charge in [0.25, 0.3) is 0 Å². The van der Waals surface area contributed by atoms with Crippen molar-refractivity contribution in [3.05, 3.63) is 35.9 Å². The number of nitrogens with one attached hydrogen (secondary N) is 8. The molecule has 73 heavy (non-hydrogen) atoms. The lowest BCUT2D eigenvalue weighted by Gasteiger charge is -2.28. The average molecular weight is 1040 g/mol. The number of carboxylic acids is 1. The molecule has 0 saturated carbocycles. The Hall–Kier alpha value is -6.32. The molecule has 21 N–H and O–H groups in total. The van der Waals surface area contributed by atoms with Crippen molar-refractivity contribution < 1.29 is 63.3 Å². The van der Waals surface area contributed by atoms with Crippen molar-refractivity contribution in [2.45, 2.75) is 165 Å². The molecule has 0 aliphatic carbocycles. The smallest absolute Gasteiger partial charge is 0.326 e. The maximum absolute atomic E-state index is 14.2. The van der Waals surface area contributed by atoms with E-state index in [1.165, 1.54) is 13.8 Å². The molecule has 26 heteroatoms. The Morgan fingerprint density at radius 1 is 0.521 bits per heavy atom. The Bertz CT molecular complexity index is 1950. The van der Waals surface area contributed by atoms with E-state index in [2.05, 4.69) is 42.5 Å². The van der Waals surface area contributed by atoms with E-state index in [4.69, 9.17) is 28.7 Å². The third-order valence-electron chi connectivity index (χ3n) is 11.4. The first-order valence-corrected chi connectivity index (χ1v) is 24.6. The summed E-state index contributed by atoms with van der Waals surface area (Å²) in [5.41, 5.74) is 28.7. The van der Waals surface area contributed by atoms with Gasteiger partial charge in [-0.1, -0.05) is 50.6 Å². The van der Waals surface area contributed by atoms with Crippen molar-refractivity contribution in [2.24, 2.45) is 34.6 Å². The highest BCUT2D eigenvalue weighted by Crippen LogP contribution is 2.11. The van der Waals surface area contributed by atoms with Gasteiger partial charge in [0.1, 0.15) is 48.3 Å². The summed E-state index contributed by atoms with van der Waals surface area (Å²) in [6.07, 6.45) is 0.441.